The lowest BCUT2D eigenvalue weighted by Crippen LogP contribution is -2.77. The van der Waals surface area contributed by atoms with Crippen LogP contribution in [0.5, 0.6) is 0 Å². The van der Waals surface area contributed by atoms with Gasteiger partial charge in [0.15, 0.2) is 0 Å². The summed E-state index contributed by atoms with van der Waals surface area (Å²) in [4.78, 5) is 39.5. The van der Waals surface area contributed by atoms with Crippen LogP contribution in [0.2, 0.25) is 0 Å². The van der Waals surface area contributed by atoms with E-state index in [4.69, 9.17) is 4.74 Å². The average Bonchev–Trinajstić information content (AvgIpc) is 2.81. The molecule has 31 heavy (non-hydrogen) atoms. The molecule has 2 aromatic carbocycles. The monoisotopic (exact) mass is 504 g/mol. The second-order valence-electron chi connectivity index (χ2n) is 7.67. The average molecular weight is 505 g/mol. The van der Waals surface area contributed by atoms with Gasteiger partial charge in [-0.1, -0.05) is 64.5 Å². The van der Waals surface area contributed by atoms with Crippen LogP contribution in [0, 0.1) is 5.41 Å². The molecule has 162 valence electrons. The van der Waals surface area contributed by atoms with Crippen molar-refractivity contribution in [2.45, 2.75) is 18.0 Å². The molecule has 2 amide bonds. The second-order valence-corrected chi connectivity index (χ2v) is 9.77. The summed E-state index contributed by atoms with van der Waals surface area (Å²) < 4.78 is 18.5. The van der Waals surface area contributed by atoms with E-state index in [-0.39, 0.29) is 30.1 Å². The van der Waals surface area contributed by atoms with Gasteiger partial charge in [-0.05, 0) is 17.7 Å². The molecule has 2 aliphatic heterocycles. The van der Waals surface area contributed by atoms with Crippen molar-refractivity contribution >= 4 is 44.5 Å². The van der Waals surface area contributed by atoms with Gasteiger partial charge in [-0.25, -0.2) is 0 Å². The van der Waals surface area contributed by atoms with Crippen molar-refractivity contribution in [1.29, 1.82) is 0 Å². The molecule has 2 fully saturated rings. The fraction of sp³-hybridized carbons (Fsp3) is 0.318. The number of fused-ring (bicyclic) bond motifs is 1. The standard InChI is InChI=1S/C22H21BrN2O5S/c23-12-22(21(28)30-11-15-7-3-1-4-8-15)13-25-19(27)17(20(25)31(29)14-22)24-18(26)16-9-5-2-6-10-16/h1-10,17,20H,11-14H2,(H,24,26)/t17?,20-,22?,31?/m1/s1. The van der Waals surface area contributed by atoms with Gasteiger partial charge in [0.05, 0.1) is 0 Å². The van der Waals surface area contributed by atoms with Crippen molar-refractivity contribution in [2.75, 3.05) is 17.6 Å². The predicted molar refractivity (Wildman–Crippen MR) is 119 cm³/mol. The van der Waals surface area contributed by atoms with Gasteiger partial charge in [-0.15, -0.1) is 0 Å². The zero-order chi connectivity index (χ0) is 22.0. The Hall–Kier alpha value is -2.52. The Labute approximate surface area is 190 Å². The van der Waals surface area contributed by atoms with E-state index < -0.39 is 39.5 Å². The van der Waals surface area contributed by atoms with Gasteiger partial charge in [0.1, 0.15) is 23.4 Å². The maximum Gasteiger partial charge on any atom is 0.316 e. The zero-order valence-electron chi connectivity index (χ0n) is 16.5. The minimum atomic E-state index is -1.53. The molecule has 2 aromatic rings. The van der Waals surface area contributed by atoms with Gasteiger partial charge in [-0.2, -0.15) is 0 Å². The van der Waals surface area contributed by atoms with Crippen LogP contribution >= 0.6 is 15.9 Å². The molecule has 0 radical (unpaired) electrons. The molecule has 2 saturated heterocycles. The Balaban J connectivity index is 1.43. The molecule has 3 unspecified atom stereocenters. The molecule has 1 N–H and O–H groups in total. The molecule has 9 heteroatoms. The number of nitrogens with zero attached hydrogens (tertiary/aromatic N) is 1. The van der Waals surface area contributed by atoms with Crippen molar-refractivity contribution in [3.63, 3.8) is 0 Å². The van der Waals surface area contributed by atoms with Crippen LogP contribution in [0.15, 0.2) is 60.7 Å². The highest BCUT2D eigenvalue weighted by atomic mass is 79.9. The maximum atomic E-state index is 13.0. The van der Waals surface area contributed by atoms with E-state index in [1.807, 2.05) is 30.3 Å². The number of rotatable bonds is 6. The van der Waals surface area contributed by atoms with Crippen LogP contribution in [-0.4, -0.2) is 55.9 Å². The number of alkyl halides is 1. The van der Waals surface area contributed by atoms with Crippen LogP contribution in [-0.2, 0) is 31.7 Å². The fourth-order valence-electron chi connectivity index (χ4n) is 3.80. The third-order valence-corrected chi connectivity index (χ3v) is 8.50. The Morgan fingerprint density at radius 2 is 1.77 bits per heavy atom. The highest BCUT2D eigenvalue weighted by molar-refractivity contribution is 9.09. The SMILES string of the molecule is O=C(NC1C(=O)N2CC(CBr)(C(=O)OCc3ccccc3)CS(=O)[C@H]12)c1ccccc1. The number of esters is 1. The quantitative estimate of drug-likeness (QED) is 0.368. The number of carbonyl (C=O) groups is 3. The topological polar surface area (TPSA) is 92.8 Å². The van der Waals surface area contributed by atoms with E-state index in [1.165, 1.54) is 4.90 Å². The normalized spacial score (nSPS) is 27.1. The predicted octanol–water partition coefficient (Wildman–Crippen LogP) is 1.84. The Morgan fingerprint density at radius 1 is 1.13 bits per heavy atom. The van der Waals surface area contributed by atoms with Crippen molar-refractivity contribution in [2.24, 2.45) is 5.41 Å². The molecule has 0 aliphatic carbocycles. The van der Waals surface area contributed by atoms with E-state index in [2.05, 4.69) is 21.2 Å². The van der Waals surface area contributed by atoms with E-state index in [0.29, 0.717) is 5.56 Å². The largest absolute Gasteiger partial charge is 0.460 e. The number of β-lactam (4-membered cyclic amide) rings is 1. The summed E-state index contributed by atoms with van der Waals surface area (Å²) in [5.41, 5.74) is 0.175. The van der Waals surface area contributed by atoms with Gasteiger partial charge in [0.2, 0.25) is 5.91 Å². The number of benzene rings is 2. The lowest BCUT2D eigenvalue weighted by atomic mass is 9.89. The van der Waals surface area contributed by atoms with E-state index in [0.717, 1.165) is 5.56 Å². The first-order valence-corrected chi connectivity index (χ1v) is 12.3. The van der Waals surface area contributed by atoms with Gasteiger partial charge in [0, 0.05) is 34.0 Å². The molecule has 0 aromatic heterocycles. The Morgan fingerprint density at radius 3 is 2.42 bits per heavy atom. The number of ether oxygens (including phenoxy) is 1. The van der Waals surface area contributed by atoms with Crippen molar-refractivity contribution in [3.05, 3.63) is 71.8 Å². The minimum Gasteiger partial charge on any atom is -0.460 e. The second kappa shape index (κ2) is 8.92. The Bertz CT molecular complexity index is 1020. The molecule has 2 heterocycles. The van der Waals surface area contributed by atoms with Gasteiger partial charge < -0.3 is 15.0 Å². The molecular weight excluding hydrogens is 484 g/mol. The summed E-state index contributed by atoms with van der Waals surface area (Å²) in [6, 6.07) is 17.0. The third-order valence-electron chi connectivity index (χ3n) is 5.53. The molecule has 2 aliphatic rings. The molecule has 7 nitrogen and oxygen atoms in total. The van der Waals surface area contributed by atoms with E-state index in [1.54, 1.807) is 30.3 Å². The van der Waals surface area contributed by atoms with Crippen LogP contribution in [0.4, 0.5) is 0 Å². The molecule has 4 rings (SSSR count). The van der Waals surface area contributed by atoms with Gasteiger partial charge >= 0.3 is 5.97 Å². The number of hydrogen-bond donors (Lipinski definition) is 1. The van der Waals surface area contributed by atoms with Crippen LogP contribution in [0.25, 0.3) is 0 Å². The summed E-state index contributed by atoms with van der Waals surface area (Å²) in [7, 11) is -1.53. The van der Waals surface area contributed by atoms with Crippen LogP contribution < -0.4 is 5.32 Å². The first-order chi connectivity index (χ1) is 14.9. The molecule has 0 spiro atoms. The van der Waals surface area contributed by atoms with Crippen LogP contribution in [0.1, 0.15) is 15.9 Å². The first-order valence-electron chi connectivity index (χ1n) is 9.76. The molecular formula is C22H21BrN2O5S. The molecule has 4 atom stereocenters. The zero-order valence-corrected chi connectivity index (χ0v) is 18.9. The number of amides is 2. The lowest BCUT2D eigenvalue weighted by molar-refractivity contribution is -0.161. The first kappa shape index (κ1) is 21.7. The summed E-state index contributed by atoms with van der Waals surface area (Å²) in [5.74, 6) is -1.18. The molecule has 0 saturated carbocycles. The Kier molecular flexibility index (Phi) is 6.24. The summed E-state index contributed by atoms with van der Waals surface area (Å²) in [6.07, 6.45) is 0. The molecule has 0 bridgehead atoms. The van der Waals surface area contributed by atoms with Crippen molar-refractivity contribution in [3.8, 4) is 0 Å². The third kappa shape index (κ3) is 4.16. The smallest absolute Gasteiger partial charge is 0.316 e. The van der Waals surface area contributed by atoms with Crippen molar-refractivity contribution in [1.82, 2.24) is 10.2 Å². The number of hydrogen-bond acceptors (Lipinski definition) is 5. The van der Waals surface area contributed by atoms with Gasteiger partial charge in [-0.3, -0.25) is 18.6 Å². The summed E-state index contributed by atoms with van der Waals surface area (Å²) in [6.45, 7) is 0.201. The summed E-state index contributed by atoms with van der Waals surface area (Å²) in [5, 5.41) is 2.26. The van der Waals surface area contributed by atoms with E-state index in [9.17, 15) is 18.6 Å². The summed E-state index contributed by atoms with van der Waals surface area (Å²) >= 11 is 3.36. The maximum absolute atomic E-state index is 13.0. The van der Waals surface area contributed by atoms with E-state index >= 15 is 0 Å². The van der Waals surface area contributed by atoms with Gasteiger partial charge in [0.25, 0.3) is 5.91 Å². The van der Waals surface area contributed by atoms with Crippen LogP contribution in [0.3, 0.4) is 0 Å². The number of halogens is 1. The number of nitrogens with one attached hydrogen (secondary N) is 1. The minimum absolute atomic E-state index is 0.0536. The lowest BCUT2D eigenvalue weighted by Gasteiger charge is -2.53. The fourth-order valence-corrected chi connectivity index (χ4v) is 6.64. The highest BCUT2D eigenvalue weighted by Gasteiger charge is 2.60. The van der Waals surface area contributed by atoms with Crippen molar-refractivity contribution < 1.29 is 23.3 Å². The number of carbonyl (C=O) groups excluding carboxylic acids is 3. The highest BCUT2D eigenvalue weighted by Crippen LogP contribution is 2.38.